The highest BCUT2D eigenvalue weighted by Crippen LogP contribution is 2.46. The van der Waals surface area contributed by atoms with Crippen molar-refractivity contribution in [2.24, 2.45) is 0 Å². The van der Waals surface area contributed by atoms with Crippen molar-refractivity contribution in [2.45, 2.75) is 69.0 Å². The number of nitrogens with one attached hydrogen (secondary N) is 1. The van der Waals surface area contributed by atoms with Crippen LogP contribution in [0.1, 0.15) is 59.7 Å². The van der Waals surface area contributed by atoms with E-state index in [0.717, 1.165) is 49.9 Å². The molecule has 1 saturated carbocycles. The van der Waals surface area contributed by atoms with Crippen LogP contribution in [0.5, 0.6) is 0 Å². The highest BCUT2D eigenvalue weighted by atomic mass is 16.2. The van der Waals surface area contributed by atoms with Crippen LogP contribution in [0.2, 0.25) is 0 Å². The molecule has 2 aliphatic heterocycles. The van der Waals surface area contributed by atoms with E-state index in [4.69, 9.17) is 0 Å². The number of carbonyl (C=O) groups is 2. The van der Waals surface area contributed by atoms with Crippen LogP contribution >= 0.6 is 0 Å². The number of hydrogen-bond donors (Lipinski definition) is 1. The number of aryl methyl sites for hydroxylation is 1. The number of amides is 2. The summed E-state index contributed by atoms with van der Waals surface area (Å²) in [6, 6.07) is 20.7. The molecular weight excluding hydrogens is 438 g/mol. The van der Waals surface area contributed by atoms with Gasteiger partial charge in [0.2, 0.25) is 11.7 Å². The van der Waals surface area contributed by atoms with Crippen molar-refractivity contribution in [1.82, 2.24) is 25.0 Å². The van der Waals surface area contributed by atoms with E-state index in [1.54, 1.807) is 0 Å². The predicted molar refractivity (Wildman–Crippen MR) is 132 cm³/mol. The Kier molecular flexibility index (Phi) is 5.63. The Morgan fingerprint density at radius 2 is 1.71 bits per heavy atom. The van der Waals surface area contributed by atoms with E-state index < -0.39 is 0 Å². The molecule has 35 heavy (non-hydrogen) atoms. The number of benzene rings is 2. The molecular formula is C28H31N5O2. The molecule has 2 atom stereocenters. The first kappa shape index (κ1) is 22.0. The molecule has 0 bridgehead atoms. The van der Waals surface area contributed by atoms with E-state index >= 15 is 0 Å². The fourth-order valence-electron chi connectivity index (χ4n) is 6.12. The smallest absolute Gasteiger partial charge is 0.289 e. The van der Waals surface area contributed by atoms with Gasteiger partial charge in [-0.3, -0.25) is 9.59 Å². The average molecular weight is 470 g/mol. The Balaban J connectivity index is 1.35. The standard InChI is InChI=1S/C28H31N5O2/c34-25(18-20-8-3-1-4-9-20)32-17-16-28(21-10-5-2-6-11-21)15-14-24-30-31-26(33(24)19-23(28)32)27(35)29-22-12-7-13-22/h1-6,8-11,22-23H,7,12-19H2,(H,29,35). The molecule has 3 heterocycles. The summed E-state index contributed by atoms with van der Waals surface area (Å²) in [6.07, 6.45) is 6.09. The van der Waals surface area contributed by atoms with Gasteiger partial charge in [0.25, 0.3) is 5.91 Å². The lowest BCUT2D eigenvalue weighted by molar-refractivity contribution is -0.132. The third-order valence-electron chi connectivity index (χ3n) is 8.30. The Morgan fingerprint density at radius 3 is 2.43 bits per heavy atom. The summed E-state index contributed by atoms with van der Waals surface area (Å²) < 4.78 is 1.98. The lowest BCUT2D eigenvalue weighted by Crippen LogP contribution is -2.48. The maximum atomic E-state index is 13.6. The number of hydrogen-bond acceptors (Lipinski definition) is 4. The van der Waals surface area contributed by atoms with Crippen molar-refractivity contribution in [1.29, 1.82) is 0 Å². The maximum Gasteiger partial charge on any atom is 0.289 e. The molecule has 2 aromatic carbocycles. The van der Waals surface area contributed by atoms with E-state index in [0.29, 0.717) is 25.3 Å². The van der Waals surface area contributed by atoms with E-state index in [-0.39, 0.29) is 29.3 Å². The number of carbonyl (C=O) groups excluding carboxylic acids is 2. The highest BCUT2D eigenvalue weighted by Gasteiger charge is 2.51. The second kappa shape index (κ2) is 8.95. The minimum atomic E-state index is -0.171. The van der Waals surface area contributed by atoms with E-state index in [1.165, 1.54) is 5.56 Å². The van der Waals surface area contributed by atoms with Gasteiger partial charge in [-0.2, -0.15) is 0 Å². The largest absolute Gasteiger partial charge is 0.347 e. The number of rotatable bonds is 5. The monoisotopic (exact) mass is 469 g/mol. The second-order valence-electron chi connectivity index (χ2n) is 10.2. The predicted octanol–water partition coefficient (Wildman–Crippen LogP) is 3.29. The van der Waals surface area contributed by atoms with Crippen LogP contribution in [-0.4, -0.2) is 50.1 Å². The van der Waals surface area contributed by atoms with Gasteiger partial charge in [-0.15, -0.1) is 10.2 Å². The van der Waals surface area contributed by atoms with E-state index in [9.17, 15) is 9.59 Å². The van der Waals surface area contributed by atoms with Crippen molar-refractivity contribution >= 4 is 11.8 Å². The normalized spacial score (nSPS) is 23.7. The van der Waals surface area contributed by atoms with Gasteiger partial charge in [-0.25, -0.2) is 0 Å². The highest BCUT2D eigenvalue weighted by molar-refractivity contribution is 5.91. The molecule has 2 amide bonds. The Bertz CT molecular complexity index is 1220. The minimum Gasteiger partial charge on any atom is -0.347 e. The second-order valence-corrected chi connectivity index (χ2v) is 10.2. The molecule has 1 aromatic heterocycles. The van der Waals surface area contributed by atoms with Gasteiger partial charge in [0.1, 0.15) is 5.82 Å². The summed E-state index contributed by atoms with van der Waals surface area (Å²) >= 11 is 0. The van der Waals surface area contributed by atoms with Crippen LogP contribution in [0.15, 0.2) is 60.7 Å². The molecule has 3 aliphatic rings. The summed E-state index contributed by atoms with van der Waals surface area (Å²) in [7, 11) is 0. The van der Waals surface area contributed by atoms with Crippen LogP contribution in [0.3, 0.4) is 0 Å². The Hall–Kier alpha value is -3.48. The number of likely N-dealkylation sites (tertiary alicyclic amines) is 1. The minimum absolute atomic E-state index is 0.0615. The summed E-state index contributed by atoms with van der Waals surface area (Å²) in [6.45, 7) is 1.25. The van der Waals surface area contributed by atoms with Crippen molar-refractivity contribution in [3.05, 3.63) is 83.4 Å². The first-order valence-electron chi connectivity index (χ1n) is 12.8. The van der Waals surface area contributed by atoms with Crippen molar-refractivity contribution in [3.63, 3.8) is 0 Å². The van der Waals surface area contributed by atoms with Gasteiger partial charge < -0.3 is 14.8 Å². The molecule has 1 saturated heterocycles. The average Bonchev–Trinajstić information content (AvgIpc) is 3.40. The van der Waals surface area contributed by atoms with Gasteiger partial charge >= 0.3 is 0 Å². The van der Waals surface area contributed by atoms with Crippen molar-refractivity contribution in [2.75, 3.05) is 6.54 Å². The molecule has 2 unspecified atom stereocenters. The Labute approximate surface area is 205 Å². The number of fused-ring (bicyclic) bond motifs is 2. The molecule has 7 nitrogen and oxygen atoms in total. The molecule has 180 valence electrons. The molecule has 6 rings (SSSR count). The zero-order chi connectivity index (χ0) is 23.8. The zero-order valence-corrected chi connectivity index (χ0v) is 19.9. The summed E-state index contributed by atoms with van der Waals surface area (Å²) in [5.41, 5.74) is 2.11. The summed E-state index contributed by atoms with van der Waals surface area (Å²) in [4.78, 5) is 28.8. The summed E-state index contributed by atoms with van der Waals surface area (Å²) in [5.74, 6) is 1.19. The van der Waals surface area contributed by atoms with Gasteiger partial charge in [0.15, 0.2) is 0 Å². The van der Waals surface area contributed by atoms with Crippen LogP contribution in [0.4, 0.5) is 0 Å². The molecule has 7 heteroatoms. The lowest BCUT2D eigenvalue weighted by atomic mass is 9.71. The maximum absolute atomic E-state index is 13.6. The summed E-state index contributed by atoms with van der Waals surface area (Å²) in [5, 5.41) is 11.8. The third kappa shape index (κ3) is 3.93. The molecule has 0 spiro atoms. The van der Waals surface area contributed by atoms with Crippen LogP contribution < -0.4 is 5.32 Å². The Morgan fingerprint density at radius 1 is 0.971 bits per heavy atom. The van der Waals surface area contributed by atoms with Gasteiger partial charge in [-0.05, 0) is 43.2 Å². The van der Waals surface area contributed by atoms with E-state index in [1.807, 2.05) is 41.0 Å². The van der Waals surface area contributed by atoms with Crippen LogP contribution in [-0.2, 0) is 29.6 Å². The first-order valence-corrected chi connectivity index (χ1v) is 12.8. The zero-order valence-electron chi connectivity index (χ0n) is 19.9. The quantitative estimate of drug-likeness (QED) is 0.622. The van der Waals surface area contributed by atoms with E-state index in [2.05, 4.69) is 44.7 Å². The van der Waals surface area contributed by atoms with Gasteiger partial charge in [-0.1, -0.05) is 60.7 Å². The van der Waals surface area contributed by atoms with Gasteiger partial charge in [0.05, 0.1) is 12.5 Å². The van der Waals surface area contributed by atoms with Crippen LogP contribution in [0, 0.1) is 0 Å². The van der Waals surface area contributed by atoms with Crippen molar-refractivity contribution in [3.8, 4) is 0 Å². The first-order chi connectivity index (χ1) is 17.1. The molecule has 2 fully saturated rings. The number of aromatic nitrogens is 3. The van der Waals surface area contributed by atoms with Crippen molar-refractivity contribution < 1.29 is 9.59 Å². The molecule has 3 aromatic rings. The van der Waals surface area contributed by atoms with Gasteiger partial charge in [0, 0.05) is 31.0 Å². The third-order valence-corrected chi connectivity index (χ3v) is 8.30. The number of nitrogens with zero attached hydrogens (tertiary/aromatic N) is 4. The SMILES string of the molecule is O=C(NC1CCC1)c1nnc2n1CC1N(C(=O)Cc3ccccc3)CCC1(c1ccccc1)CC2. The lowest BCUT2D eigenvalue weighted by Gasteiger charge is -2.37. The molecule has 1 N–H and O–H groups in total. The fourth-order valence-corrected chi connectivity index (χ4v) is 6.12. The topological polar surface area (TPSA) is 80.1 Å². The molecule has 0 radical (unpaired) electrons. The van der Waals surface area contributed by atoms with Crippen LogP contribution in [0.25, 0.3) is 0 Å². The fraction of sp³-hybridized carbons (Fsp3) is 0.429. The molecule has 1 aliphatic carbocycles.